The zero-order chi connectivity index (χ0) is 16.5. The van der Waals surface area contributed by atoms with Gasteiger partial charge in [0.25, 0.3) is 0 Å². The minimum absolute atomic E-state index is 0.750. The topological polar surface area (TPSA) is 32.6 Å². The van der Waals surface area contributed by atoms with E-state index in [9.17, 15) is 5.26 Å². The Kier molecular flexibility index (Phi) is 2.72. The maximum atomic E-state index is 9.42. The Bertz CT molecular complexity index is 1050. The van der Waals surface area contributed by atoms with Crippen LogP contribution in [0.25, 0.3) is 16.6 Å². The number of aromatic nitrogens is 2. The van der Waals surface area contributed by atoms with Crippen LogP contribution in [0.15, 0.2) is 18.3 Å². The van der Waals surface area contributed by atoms with Gasteiger partial charge in [0.15, 0.2) is 6.54 Å². The van der Waals surface area contributed by atoms with Gasteiger partial charge in [-0.1, -0.05) is 6.07 Å². The second-order valence-electron chi connectivity index (χ2n) is 6.67. The largest absolute Gasteiger partial charge is 0.205 e. The summed E-state index contributed by atoms with van der Waals surface area (Å²) in [7, 11) is 0. The summed E-state index contributed by atoms with van der Waals surface area (Å²) in [6.07, 6.45) is 2.13. The number of rotatable bonds is 0. The zero-order valence-electron chi connectivity index (χ0n) is 14.3. The van der Waals surface area contributed by atoms with E-state index < -0.39 is 0 Å². The van der Waals surface area contributed by atoms with Crippen LogP contribution in [0.5, 0.6) is 0 Å². The lowest BCUT2D eigenvalue weighted by molar-refractivity contribution is -0.749. The van der Waals surface area contributed by atoms with Crippen molar-refractivity contribution in [3.63, 3.8) is 0 Å². The summed E-state index contributed by atoms with van der Waals surface area (Å²) >= 11 is 0. The second kappa shape index (κ2) is 4.45. The van der Waals surface area contributed by atoms with E-state index >= 15 is 0 Å². The van der Waals surface area contributed by atoms with E-state index in [0.29, 0.717) is 0 Å². The smallest absolute Gasteiger partial charge is 0.192 e. The minimum Gasteiger partial charge on any atom is -0.192 e. The molecule has 0 aliphatic carbocycles. The molecule has 0 amide bonds. The van der Waals surface area contributed by atoms with Gasteiger partial charge in [-0.05, 0) is 68.5 Å². The van der Waals surface area contributed by atoms with Crippen molar-refractivity contribution in [1.29, 1.82) is 5.26 Å². The average molecular weight is 302 g/mol. The molecule has 1 aliphatic rings. The molecule has 2 aromatic carbocycles. The normalized spacial score (nSPS) is 12.3. The molecule has 0 unspecified atom stereocenters. The molecule has 0 saturated carbocycles. The van der Waals surface area contributed by atoms with Crippen LogP contribution in [0.2, 0.25) is 0 Å². The van der Waals surface area contributed by atoms with Gasteiger partial charge in [-0.2, -0.15) is 5.26 Å². The summed E-state index contributed by atoms with van der Waals surface area (Å²) in [6.45, 7) is 11.9. The van der Waals surface area contributed by atoms with Crippen molar-refractivity contribution in [2.75, 3.05) is 0 Å². The summed E-state index contributed by atoms with van der Waals surface area (Å²) in [5, 5.41) is 10.5. The van der Waals surface area contributed by atoms with Gasteiger partial charge in [0.1, 0.15) is 17.3 Å². The predicted octanol–water partition coefficient (Wildman–Crippen LogP) is 3.69. The van der Waals surface area contributed by atoms with Crippen molar-refractivity contribution in [1.82, 2.24) is 4.68 Å². The quantitative estimate of drug-likeness (QED) is 0.456. The fourth-order valence-corrected chi connectivity index (χ4v) is 3.93. The number of aryl methyl sites for hydroxylation is 1. The SMILES string of the molecule is Cc1c(C)c(C)c2c(c1C)C[n+]1cc3c(C#N)ccc(C)c3n1-2. The van der Waals surface area contributed by atoms with Crippen molar-refractivity contribution in [3.8, 4) is 11.8 Å². The summed E-state index contributed by atoms with van der Waals surface area (Å²) in [4.78, 5) is 0. The molecule has 0 fully saturated rings. The molecule has 3 heteroatoms. The number of nitrogens with zero attached hydrogens (tertiary/aromatic N) is 3. The van der Waals surface area contributed by atoms with Gasteiger partial charge >= 0.3 is 0 Å². The van der Waals surface area contributed by atoms with E-state index in [4.69, 9.17) is 0 Å². The molecule has 3 nitrogen and oxygen atoms in total. The molecule has 23 heavy (non-hydrogen) atoms. The van der Waals surface area contributed by atoms with E-state index in [2.05, 4.69) is 62.3 Å². The first-order valence-electron chi connectivity index (χ1n) is 8.00. The van der Waals surface area contributed by atoms with Crippen LogP contribution in [-0.4, -0.2) is 4.68 Å². The Balaban J connectivity index is 2.19. The van der Waals surface area contributed by atoms with Crippen LogP contribution in [-0.2, 0) is 6.54 Å². The van der Waals surface area contributed by atoms with Crippen LogP contribution in [0.1, 0.15) is 38.9 Å². The van der Waals surface area contributed by atoms with Crippen LogP contribution in [0, 0.1) is 45.9 Å². The highest BCUT2D eigenvalue weighted by atomic mass is 15.4. The maximum absolute atomic E-state index is 9.42. The third kappa shape index (κ3) is 1.61. The molecule has 1 aliphatic heterocycles. The summed E-state index contributed by atoms with van der Waals surface area (Å²) in [5.41, 5.74) is 11.3. The standard InChI is InChI=1S/C20H20N3/c1-11-6-7-16(8-21)18-10-22-9-17-14(4)12(2)13(3)15(5)20(17)23(22)19(11)18/h6-7,10H,9H2,1-5H3/q+1. The lowest BCUT2D eigenvalue weighted by atomic mass is 9.92. The van der Waals surface area contributed by atoms with E-state index in [1.165, 1.54) is 39.1 Å². The summed E-state index contributed by atoms with van der Waals surface area (Å²) < 4.78 is 4.57. The van der Waals surface area contributed by atoms with Gasteiger partial charge in [0.2, 0.25) is 6.20 Å². The van der Waals surface area contributed by atoms with Crippen molar-refractivity contribution < 1.29 is 4.68 Å². The van der Waals surface area contributed by atoms with Gasteiger partial charge in [0, 0.05) is 0 Å². The molecule has 0 N–H and O–H groups in total. The Morgan fingerprint density at radius 1 is 1.00 bits per heavy atom. The molecule has 0 bridgehead atoms. The van der Waals surface area contributed by atoms with Gasteiger partial charge in [0.05, 0.1) is 16.5 Å². The Morgan fingerprint density at radius 2 is 1.70 bits per heavy atom. The summed E-state index contributed by atoms with van der Waals surface area (Å²) in [6, 6.07) is 6.31. The fourth-order valence-electron chi connectivity index (χ4n) is 3.93. The lowest BCUT2D eigenvalue weighted by Crippen LogP contribution is -2.36. The van der Waals surface area contributed by atoms with E-state index in [1.54, 1.807) is 0 Å². The molecule has 4 rings (SSSR count). The van der Waals surface area contributed by atoms with Gasteiger partial charge < -0.3 is 0 Å². The molecule has 1 aromatic heterocycles. The van der Waals surface area contributed by atoms with Crippen LogP contribution < -0.4 is 4.68 Å². The highest BCUT2D eigenvalue weighted by molar-refractivity contribution is 5.88. The first kappa shape index (κ1) is 14.0. The number of hydrogen-bond donors (Lipinski definition) is 0. The monoisotopic (exact) mass is 302 g/mol. The first-order chi connectivity index (χ1) is 11.0. The fraction of sp³-hybridized carbons (Fsp3) is 0.300. The number of benzene rings is 2. The van der Waals surface area contributed by atoms with Crippen molar-refractivity contribution >= 4 is 10.9 Å². The van der Waals surface area contributed by atoms with E-state index in [0.717, 1.165) is 23.0 Å². The average Bonchev–Trinajstić information content (AvgIpc) is 3.07. The van der Waals surface area contributed by atoms with Crippen LogP contribution in [0.4, 0.5) is 0 Å². The number of nitriles is 1. The third-order valence-electron chi connectivity index (χ3n) is 5.60. The Labute approximate surface area is 136 Å². The molecule has 0 atom stereocenters. The third-order valence-corrected chi connectivity index (χ3v) is 5.60. The van der Waals surface area contributed by atoms with Crippen LogP contribution in [0.3, 0.4) is 0 Å². The molecule has 0 saturated heterocycles. The van der Waals surface area contributed by atoms with Crippen molar-refractivity contribution in [3.05, 3.63) is 57.3 Å². The van der Waals surface area contributed by atoms with Gasteiger partial charge in [-0.3, -0.25) is 0 Å². The first-order valence-corrected chi connectivity index (χ1v) is 8.00. The molecule has 2 heterocycles. The number of fused-ring (bicyclic) bond motifs is 5. The van der Waals surface area contributed by atoms with Crippen molar-refractivity contribution in [2.24, 2.45) is 0 Å². The second-order valence-corrected chi connectivity index (χ2v) is 6.67. The molecular weight excluding hydrogens is 282 g/mol. The minimum atomic E-state index is 0.750. The highest BCUT2D eigenvalue weighted by Crippen LogP contribution is 2.35. The van der Waals surface area contributed by atoms with Crippen molar-refractivity contribution in [2.45, 2.75) is 41.2 Å². The molecule has 114 valence electrons. The van der Waals surface area contributed by atoms with Gasteiger partial charge in [-0.15, -0.1) is 9.36 Å². The molecular formula is C20H20N3+. The van der Waals surface area contributed by atoms with E-state index in [-0.39, 0.29) is 0 Å². The van der Waals surface area contributed by atoms with E-state index in [1.807, 2.05) is 6.07 Å². The summed E-state index contributed by atoms with van der Waals surface area (Å²) in [5.74, 6) is 0. The molecule has 0 radical (unpaired) electrons. The molecule has 3 aromatic rings. The Morgan fingerprint density at radius 3 is 2.39 bits per heavy atom. The lowest BCUT2D eigenvalue weighted by Gasteiger charge is -2.13. The number of hydrogen-bond acceptors (Lipinski definition) is 1. The molecule has 0 spiro atoms. The maximum Gasteiger partial charge on any atom is 0.205 e. The van der Waals surface area contributed by atoms with Gasteiger partial charge in [-0.25, -0.2) is 0 Å². The zero-order valence-corrected chi connectivity index (χ0v) is 14.3. The van der Waals surface area contributed by atoms with Crippen LogP contribution >= 0.6 is 0 Å². The predicted molar refractivity (Wildman–Crippen MR) is 91.0 cm³/mol. The Hall–Kier alpha value is -2.60. The highest BCUT2D eigenvalue weighted by Gasteiger charge is 2.33.